The third-order valence-electron chi connectivity index (χ3n) is 4.25. The number of hydrogen-bond acceptors (Lipinski definition) is 4. The summed E-state index contributed by atoms with van der Waals surface area (Å²) >= 11 is 0. The standard InChI is InChI=1S/C15H20FN3O3S.ClH/c16-13-5-4-12(18-15(20)11-3-1-6-17-10-11)9-14(13)19-7-2-8-23(19,21)22;/h4-5,9,11,17H,1-3,6-8,10H2,(H,18,20);1H. The zero-order chi connectivity index (χ0) is 16.4. The Bertz CT molecular complexity index is 708. The number of sulfonamides is 1. The first-order chi connectivity index (χ1) is 11.0. The van der Waals surface area contributed by atoms with Crippen molar-refractivity contribution in [1.29, 1.82) is 0 Å². The molecule has 1 aromatic rings. The lowest BCUT2D eigenvalue weighted by molar-refractivity contribution is -0.120. The van der Waals surface area contributed by atoms with Gasteiger partial charge in [-0.25, -0.2) is 12.8 Å². The zero-order valence-corrected chi connectivity index (χ0v) is 14.8. The SMILES string of the molecule is Cl.O=C(Nc1ccc(F)c(N2CCCS2(=O)=O)c1)C1CCCNC1. The number of nitrogens with one attached hydrogen (secondary N) is 2. The van der Waals surface area contributed by atoms with E-state index in [2.05, 4.69) is 10.6 Å². The lowest BCUT2D eigenvalue weighted by Gasteiger charge is -2.22. The minimum Gasteiger partial charge on any atom is -0.326 e. The van der Waals surface area contributed by atoms with E-state index >= 15 is 0 Å². The molecule has 1 atom stereocenters. The third kappa shape index (κ3) is 3.99. The summed E-state index contributed by atoms with van der Waals surface area (Å²) in [6.45, 7) is 1.81. The van der Waals surface area contributed by atoms with Crippen LogP contribution in [0.4, 0.5) is 15.8 Å². The fourth-order valence-corrected chi connectivity index (χ4v) is 4.57. The molecule has 3 rings (SSSR count). The van der Waals surface area contributed by atoms with Crippen LogP contribution in [0.1, 0.15) is 19.3 Å². The van der Waals surface area contributed by atoms with Crippen LogP contribution in [0, 0.1) is 11.7 Å². The molecule has 0 radical (unpaired) electrons. The van der Waals surface area contributed by atoms with Crippen LogP contribution in [0.25, 0.3) is 0 Å². The summed E-state index contributed by atoms with van der Waals surface area (Å²) in [5.74, 6) is -0.823. The van der Waals surface area contributed by atoms with Crippen molar-refractivity contribution in [1.82, 2.24) is 5.32 Å². The Balaban J connectivity index is 0.00000208. The van der Waals surface area contributed by atoms with Crippen molar-refractivity contribution in [3.63, 3.8) is 0 Å². The van der Waals surface area contributed by atoms with Crippen LogP contribution in [0.2, 0.25) is 0 Å². The van der Waals surface area contributed by atoms with Gasteiger partial charge in [0.2, 0.25) is 15.9 Å². The molecule has 2 N–H and O–H groups in total. The fraction of sp³-hybridized carbons (Fsp3) is 0.533. The van der Waals surface area contributed by atoms with E-state index in [1.807, 2.05) is 0 Å². The average Bonchev–Trinajstić information content (AvgIpc) is 2.89. The number of benzene rings is 1. The minimum absolute atomic E-state index is 0. The van der Waals surface area contributed by atoms with Gasteiger partial charge in [-0.3, -0.25) is 9.10 Å². The van der Waals surface area contributed by atoms with Gasteiger partial charge in [-0.2, -0.15) is 0 Å². The Morgan fingerprint density at radius 3 is 2.75 bits per heavy atom. The number of rotatable bonds is 3. The lowest BCUT2D eigenvalue weighted by atomic mass is 9.99. The Kier molecular flexibility index (Phi) is 6.06. The molecule has 134 valence electrons. The number of halogens is 2. The van der Waals surface area contributed by atoms with E-state index in [0.717, 1.165) is 23.7 Å². The van der Waals surface area contributed by atoms with E-state index in [4.69, 9.17) is 0 Å². The molecule has 9 heteroatoms. The van der Waals surface area contributed by atoms with Crippen molar-refractivity contribution >= 4 is 39.7 Å². The van der Waals surface area contributed by atoms with Gasteiger partial charge in [-0.05, 0) is 44.0 Å². The molecular formula is C15H21ClFN3O3S. The molecule has 0 bridgehead atoms. The van der Waals surface area contributed by atoms with Gasteiger partial charge in [-0.15, -0.1) is 12.4 Å². The molecule has 2 heterocycles. The summed E-state index contributed by atoms with van der Waals surface area (Å²) < 4.78 is 39.0. The van der Waals surface area contributed by atoms with Crippen LogP contribution < -0.4 is 14.9 Å². The molecule has 1 unspecified atom stereocenters. The highest BCUT2D eigenvalue weighted by Gasteiger charge is 2.30. The van der Waals surface area contributed by atoms with E-state index < -0.39 is 15.8 Å². The second-order valence-corrected chi connectivity index (χ2v) is 7.95. The Hall–Kier alpha value is -1.38. The zero-order valence-electron chi connectivity index (χ0n) is 13.1. The number of nitrogens with zero attached hydrogens (tertiary/aromatic N) is 1. The smallest absolute Gasteiger partial charge is 0.235 e. The Labute approximate surface area is 147 Å². The van der Waals surface area contributed by atoms with Crippen LogP contribution in [0.3, 0.4) is 0 Å². The molecule has 1 aromatic carbocycles. The maximum absolute atomic E-state index is 14.0. The largest absolute Gasteiger partial charge is 0.326 e. The lowest BCUT2D eigenvalue weighted by Crippen LogP contribution is -2.37. The normalized spacial score (nSPS) is 22.7. The molecule has 2 saturated heterocycles. The Morgan fingerprint density at radius 1 is 1.33 bits per heavy atom. The highest BCUT2D eigenvalue weighted by atomic mass is 35.5. The van der Waals surface area contributed by atoms with Crippen molar-refractivity contribution in [2.45, 2.75) is 19.3 Å². The fourth-order valence-electron chi connectivity index (χ4n) is 3.01. The summed E-state index contributed by atoms with van der Waals surface area (Å²) in [7, 11) is -3.46. The Morgan fingerprint density at radius 2 is 2.12 bits per heavy atom. The first kappa shape index (κ1) is 19.0. The summed E-state index contributed by atoms with van der Waals surface area (Å²) in [6, 6.07) is 4.04. The predicted octanol–water partition coefficient (Wildman–Crippen LogP) is 1.73. The molecule has 0 spiro atoms. The van der Waals surface area contributed by atoms with Gasteiger partial charge in [0.25, 0.3) is 0 Å². The predicted molar refractivity (Wildman–Crippen MR) is 93.6 cm³/mol. The molecule has 2 fully saturated rings. The number of amides is 1. The van der Waals surface area contributed by atoms with Crippen molar-refractivity contribution in [2.75, 3.05) is 35.0 Å². The number of hydrogen-bond donors (Lipinski definition) is 2. The minimum atomic E-state index is -3.46. The highest BCUT2D eigenvalue weighted by Crippen LogP contribution is 2.29. The van der Waals surface area contributed by atoms with Crippen LogP contribution in [-0.4, -0.2) is 39.7 Å². The van der Waals surface area contributed by atoms with Gasteiger partial charge in [0, 0.05) is 18.8 Å². The van der Waals surface area contributed by atoms with Crippen LogP contribution in [0.15, 0.2) is 18.2 Å². The van der Waals surface area contributed by atoms with Crippen LogP contribution >= 0.6 is 12.4 Å². The summed E-state index contributed by atoms with van der Waals surface area (Å²) in [4.78, 5) is 12.2. The molecule has 2 aliphatic rings. The molecule has 0 aliphatic carbocycles. The third-order valence-corrected chi connectivity index (χ3v) is 6.10. The average molecular weight is 378 g/mol. The van der Waals surface area contributed by atoms with Crippen molar-refractivity contribution in [2.24, 2.45) is 5.92 Å². The van der Waals surface area contributed by atoms with E-state index in [0.29, 0.717) is 18.7 Å². The summed E-state index contributed by atoms with van der Waals surface area (Å²) in [5.41, 5.74) is 0.418. The molecule has 24 heavy (non-hydrogen) atoms. The van der Waals surface area contributed by atoms with Gasteiger partial charge in [0.1, 0.15) is 5.82 Å². The van der Waals surface area contributed by atoms with Gasteiger partial charge in [0.15, 0.2) is 0 Å². The highest BCUT2D eigenvalue weighted by molar-refractivity contribution is 7.93. The van der Waals surface area contributed by atoms with E-state index in [-0.39, 0.29) is 42.2 Å². The maximum Gasteiger partial charge on any atom is 0.235 e. The van der Waals surface area contributed by atoms with E-state index in [1.165, 1.54) is 18.2 Å². The topological polar surface area (TPSA) is 78.5 Å². The monoisotopic (exact) mass is 377 g/mol. The second-order valence-electron chi connectivity index (χ2n) is 5.94. The summed E-state index contributed by atoms with van der Waals surface area (Å²) in [5, 5.41) is 5.93. The van der Waals surface area contributed by atoms with Crippen molar-refractivity contribution < 1.29 is 17.6 Å². The van der Waals surface area contributed by atoms with Crippen LogP contribution in [0.5, 0.6) is 0 Å². The first-order valence-electron chi connectivity index (χ1n) is 7.79. The molecular weight excluding hydrogens is 357 g/mol. The van der Waals surface area contributed by atoms with Gasteiger partial charge >= 0.3 is 0 Å². The van der Waals surface area contributed by atoms with Gasteiger partial charge < -0.3 is 10.6 Å². The number of carbonyl (C=O) groups is 1. The van der Waals surface area contributed by atoms with Crippen LogP contribution in [-0.2, 0) is 14.8 Å². The van der Waals surface area contributed by atoms with Crippen molar-refractivity contribution in [3.05, 3.63) is 24.0 Å². The molecule has 0 saturated carbocycles. The second kappa shape index (κ2) is 7.67. The first-order valence-corrected chi connectivity index (χ1v) is 9.40. The molecule has 2 aliphatic heterocycles. The van der Waals surface area contributed by atoms with E-state index in [1.54, 1.807) is 0 Å². The van der Waals surface area contributed by atoms with E-state index in [9.17, 15) is 17.6 Å². The van der Waals surface area contributed by atoms with Gasteiger partial charge in [0.05, 0.1) is 17.4 Å². The number of anilines is 2. The molecule has 1 amide bonds. The quantitative estimate of drug-likeness (QED) is 0.840. The van der Waals surface area contributed by atoms with Gasteiger partial charge in [-0.1, -0.05) is 0 Å². The summed E-state index contributed by atoms with van der Waals surface area (Å²) in [6.07, 6.45) is 2.23. The maximum atomic E-state index is 14.0. The molecule has 0 aromatic heterocycles. The number of carbonyl (C=O) groups excluding carboxylic acids is 1. The molecule has 6 nitrogen and oxygen atoms in total. The number of piperidine rings is 1. The van der Waals surface area contributed by atoms with Crippen molar-refractivity contribution in [3.8, 4) is 0 Å².